The van der Waals surface area contributed by atoms with Crippen LogP contribution in [0.3, 0.4) is 0 Å². The van der Waals surface area contributed by atoms with E-state index < -0.39 is 21.0 Å². The van der Waals surface area contributed by atoms with Crippen molar-refractivity contribution in [2.24, 2.45) is 0 Å². The highest BCUT2D eigenvalue weighted by molar-refractivity contribution is 7.91. The first-order valence-corrected chi connectivity index (χ1v) is 11.2. The molecule has 1 aromatic heterocycles. The Morgan fingerprint density at radius 2 is 1.75 bits per heavy atom. The van der Waals surface area contributed by atoms with Crippen LogP contribution in [-0.2, 0) is 14.8 Å². The van der Waals surface area contributed by atoms with Crippen molar-refractivity contribution in [1.82, 2.24) is 14.2 Å². The summed E-state index contributed by atoms with van der Waals surface area (Å²) in [4.78, 5) is 27.8. The number of H-pyrrole nitrogens is 1. The number of hydrogen-bond acceptors (Lipinski definition) is 6. The Kier molecular flexibility index (Phi) is 5.92. The number of aromatic amines is 1. The van der Waals surface area contributed by atoms with Crippen molar-refractivity contribution in [2.75, 3.05) is 26.2 Å². The van der Waals surface area contributed by atoms with Gasteiger partial charge in [0.15, 0.2) is 10.3 Å². The van der Waals surface area contributed by atoms with Crippen molar-refractivity contribution < 1.29 is 17.9 Å². The molecule has 1 atom stereocenters. The molecule has 28 heavy (non-hydrogen) atoms. The molecule has 10 heteroatoms. The van der Waals surface area contributed by atoms with E-state index in [2.05, 4.69) is 4.98 Å². The van der Waals surface area contributed by atoms with E-state index in [0.717, 1.165) is 5.56 Å². The van der Waals surface area contributed by atoms with E-state index in [1.165, 1.54) is 4.31 Å². The molecule has 1 saturated heterocycles. The average molecular weight is 426 g/mol. The topological polar surface area (TPSA) is 99.8 Å². The number of nitrogens with zero attached hydrogens (tertiary/aromatic N) is 2. The first kappa shape index (κ1) is 20.6. The highest BCUT2D eigenvalue weighted by atomic mass is 32.2. The zero-order chi connectivity index (χ0) is 20.5. The molecule has 152 valence electrons. The summed E-state index contributed by atoms with van der Waals surface area (Å²) in [5.41, 5.74) is 1.44. The predicted molar refractivity (Wildman–Crippen MR) is 106 cm³/mol. The maximum absolute atomic E-state index is 12.7. The summed E-state index contributed by atoms with van der Waals surface area (Å²) in [5.74, 6) is 0.436. The highest BCUT2D eigenvalue weighted by Gasteiger charge is 2.34. The van der Waals surface area contributed by atoms with Crippen LogP contribution in [0.4, 0.5) is 0 Å². The molecular formula is C18H23N3O5S2. The van der Waals surface area contributed by atoms with Crippen molar-refractivity contribution in [3.05, 3.63) is 45.2 Å². The van der Waals surface area contributed by atoms with Crippen LogP contribution >= 0.6 is 11.3 Å². The largest absolute Gasteiger partial charge is 0.481 e. The Bertz CT molecular complexity index is 1000. The minimum Gasteiger partial charge on any atom is -0.481 e. The zero-order valence-corrected chi connectivity index (χ0v) is 17.6. The van der Waals surface area contributed by atoms with Gasteiger partial charge in [0, 0.05) is 31.9 Å². The van der Waals surface area contributed by atoms with Gasteiger partial charge in [-0.05, 0) is 32.9 Å². The van der Waals surface area contributed by atoms with Gasteiger partial charge in [0.25, 0.3) is 15.9 Å². The Balaban J connectivity index is 1.61. The molecule has 2 heterocycles. The van der Waals surface area contributed by atoms with Gasteiger partial charge < -0.3 is 14.6 Å². The van der Waals surface area contributed by atoms with Gasteiger partial charge in [-0.15, -0.1) is 0 Å². The van der Waals surface area contributed by atoms with Gasteiger partial charge in [-0.2, -0.15) is 4.31 Å². The normalized spacial score (nSPS) is 16.8. The standard InChI is InChI=1S/C18H23N3O5S2/c1-12-4-6-15(7-5-12)26-14(3)16(22)20-8-10-21(11-9-20)28(24,25)17-13(2)19-18(23)27-17/h4-7,14H,8-11H2,1-3H3,(H,19,23). The van der Waals surface area contributed by atoms with Crippen molar-refractivity contribution in [3.63, 3.8) is 0 Å². The number of ether oxygens (including phenoxy) is 1. The summed E-state index contributed by atoms with van der Waals surface area (Å²) in [5, 5.41) is 0. The molecule has 3 rings (SSSR count). The molecule has 1 N–H and O–H groups in total. The van der Waals surface area contributed by atoms with Crippen LogP contribution in [0.15, 0.2) is 33.3 Å². The van der Waals surface area contributed by atoms with E-state index in [9.17, 15) is 18.0 Å². The Hall–Kier alpha value is -2.17. The Morgan fingerprint density at radius 3 is 2.29 bits per heavy atom. The number of piperazine rings is 1. The molecule has 0 spiro atoms. The molecular weight excluding hydrogens is 402 g/mol. The maximum Gasteiger partial charge on any atom is 0.305 e. The molecule has 1 amide bonds. The number of nitrogens with one attached hydrogen (secondary N) is 1. The molecule has 8 nitrogen and oxygen atoms in total. The Morgan fingerprint density at radius 1 is 1.14 bits per heavy atom. The van der Waals surface area contributed by atoms with Gasteiger partial charge in [0.05, 0.1) is 0 Å². The van der Waals surface area contributed by atoms with Crippen LogP contribution in [0.1, 0.15) is 18.2 Å². The maximum atomic E-state index is 12.7. The van der Waals surface area contributed by atoms with E-state index in [1.807, 2.05) is 31.2 Å². The van der Waals surface area contributed by atoms with Gasteiger partial charge in [-0.3, -0.25) is 9.59 Å². The molecule has 1 aromatic carbocycles. The van der Waals surface area contributed by atoms with Crippen molar-refractivity contribution >= 4 is 27.3 Å². The number of sulfonamides is 1. The van der Waals surface area contributed by atoms with Crippen molar-refractivity contribution in [3.8, 4) is 5.75 Å². The van der Waals surface area contributed by atoms with Crippen molar-refractivity contribution in [1.29, 1.82) is 0 Å². The number of benzene rings is 1. The van der Waals surface area contributed by atoms with Gasteiger partial charge >= 0.3 is 4.87 Å². The van der Waals surface area contributed by atoms with E-state index in [1.54, 1.807) is 18.7 Å². The quantitative estimate of drug-likeness (QED) is 0.780. The second-order valence-electron chi connectivity index (χ2n) is 6.73. The van der Waals surface area contributed by atoms with E-state index >= 15 is 0 Å². The van der Waals surface area contributed by atoms with E-state index in [4.69, 9.17) is 4.74 Å². The first-order chi connectivity index (χ1) is 13.2. The molecule has 0 bridgehead atoms. The number of carbonyl (C=O) groups is 1. The minimum atomic E-state index is -3.74. The monoisotopic (exact) mass is 425 g/mol. The summed E-state index contributed by atoms with van der Waals surface area (Å²) in [6, 6.07) is 7.45. The van der Waals surface area contributed by atoms with Crippen LogP contribution in [-0.4, -0.2) is 60.8 Å². The lowest BCUT2D eigenvalue weighted by molar-refractivity contribution is -0.139. The molecule has 1 unspecified atom stereocenters. The molecule has 2 aromatic rings. The minimum absolute atomic E-state index is 0.0355. The molecule has 1 aliphatic rings. The fraction of sp³-hybridized carbons (Fsp3) is 0.444. The van der Waals surface area contributed by atoms with Crippen LogP contribution in [0.5, 0.6) is 5.75 Å². The number of aromatic nitrogens is 1. The highest BCUT2D eigenvalue weighted by Crippen LogP contribution is 2.23. The lowest BCUT2D eigenvalue weighted by Gasteiger charge is -2.35. The van der Waals surface area contributed by atoms with Crippen molar-refractivity contribution in [2.45, 2.75) is 31.1 Å². The SMILES string of the molecule is Cc1ccc(OC(C)C(=O)N2CCN(S(=O)(=O)c3sc(=O)[nH]c3C)CC2)cc1. The summed E-state index contributed by atoms with van der Waals surface area (Å²) in [6.45, 7) is 6.13. The smallest absolute Gasteiger partial charge is 0.305 e. The van der Waals surface area contributed by atoms with Gasteiger partial charge in [0.2, 0.25) is 0 Å². The fourth-order valence-electron chi connectivity index (χ4n) is 3.03. The summed E-state index contributed by atoms with van der Waals surface area (Å²) in [6.07, 6.45) is -0.664. The lowest BCUT2D eigenvalue weighted by Crippen LogP contribution is -2.53. The van der Waals surface area contributed by atoms with Crippen LogP contribution in [0.2, 0.25) is 0 Å². The van der Waals surface area contributed by atoms with Gasteiger partial charge in [-0.25, -0.2) is 8.42 Å². The summed E-state index contributed by atoms with van der Waals surface area (Å²) < 4.78 is 32.6. The number of rotatable bonds is 5. The Labute approximate surface area is 167 Å². The third-order valence-electron chi connectivity index (χ3n) is 4.59. The first-order valence-electron chi connectivity index (χ1n) is 8.90. The molecule has 0 saturated carbocycles. The number of aryl methyl sites for hydroxylation is 2. The zero-order valence-electron chi connectivity index (χ0n) is 16.0. The third kappa shape index (κ3) is 4.29. The molecule has 1 aliphatic heterocycles. The number of hydrogen-bond donors (Lipinski definition) is 1. The van der Waals surface area contributed by atoms with E-state index in [0.29, 0.717) is 22.8 Å². The van der Waals surface area contributed by atoms with Gasteiger partial charge in [-0.1, -0.05) is 29.0 Å². The average Bonchev–Trinajstić information content (AvgIpc) is 3.02. The number of carbonyl (C=O) groups excluding carboxylic acids is 1. The lowest BCUT2D eigenvalue weighted by atomic mass is 10.2. The summed E-state index contributed by atoms with van der Waals surface area (Å²) >= 11 is 0.688. The van der Waals surface area contributed by atoms with Crippen LogP contribution < -0.4 is 9.61 Å². The predicted octanol–water partition coefficient (Wildman–Crippen LogP) is 1.35. The number of thiazole rings is 1. The second kappa shape index (κ2) is 8.06. The van der Waals surface area contributed by atoms with Crippen LogP contribution in [0.25, 0.3) is 0 Å². The number of amides is 1. The third-order valence-corrected chi connectivity index (χ3v) is 8.07. The van der Waals surface area contributed by atoms with Crippen LogP contribution in [0, 0.1) is 13.8 Å². The molecule has 0 radical (unpaired) electrons. The molecule has 0 aliphatic carbocycles. The van der Waals surface area contributed by atoms with E-state index in [-0.39, 0.29) is 36.3 Å². The second-order valence-corrected chi connectivity index (χ2v) is 9.85. The van der Waals surface area contributed by atoms with Gasteiger partial charge in [0.1, 0.15) is 5.75 Å². The fourth-order valence-corrected chi connectivity index (χ4v) is 5.89. The summed E-state index contributed by atoms with van der Waals surface area (Å²) in [7, 11) is -3.74. The molecule has 1 fully saturated rings.